The molecule has 1 amide bonds. The van der Waals surface area contributed by atoms with Crippen LogP contribution in [0.4, 0.5) is 5.69 Å². The summed E-state index contributed by atoms with van der Waals surface area (Å²) in [5.41, 5.74) is 0.777. The van der Waals surface area contributed by atoms with E-state index in [1.165, 1.54) is 0 Å². The van der Waals surface area contributed by atoms with Gasteiger partial charge >= 0.3 is 0 Å². The first-order valence-corrected chi connectivity index (χ1v) is 7.99. The molecule has 4 nitrogen and oxygen atoms in total. The second-order valence-corrected chi connectivity index (χ2v) is 6.12. The van der Waals surface area contributed by atoms with Gasteiger partial charge in [-0.25, -0.2) is 0 Å². The van der Waals surface area contributed by atoms with Crippen molar-refractivity contribution in [3.63, 3.8) is 0 Å². The molecule has 0 fully saturated rings. The molecule has 0 atom stereocenters. The molecule has 1 aromatic rings. The van der Waals surface area contributed by atoms with Gasteiger partial charge in [0.05, 0.1) is 24.7 Å². The van der Waals surface area contributed by atoms with Gasteiger partial charge in [-0.1, -0.05) is 11.6 Å². The molecular formula is C13H14Br2ClN3O. The lowest BCUT2D eigenvalue weighted by molar-refractivity contribution is -0.129. The van der Waals surface area contributed by atoms with Crippen LogP contribution in [-0.4, -0.2) is 30.4 Å². The minimum absolute atomic E-state index is 0.0449. The van der Waals surface area contributed by atoms with Crippen LogP contribution in [-0.2, 0) is 4.79 Å². The monoisotopic (exact) mass is 421 g/mol. The van der Waals surface area contributed by atoms with E-state index in [4.69, 9.17) is 16.9 Å². The van der Waals surface area contributed by atoms with E-state index in [1.54, 1.807) is 17.0 Å². The number of nitriles is 1. The van der Waals surface area contributed by atoms with Crippen molar-refractivity contribution in [1.29, 1.82) is 5.26 Å². The standard InChI is InChI=1S/C13H14Br2ClN3O/c1-2-19(5-3-4-17)12(20)8-18-13-10(14)6-9(16)7-11(13)15/h6-7,18H,2-3,5,8H2,1H3. The Morgan fingerprint density at radius 1 is 1.45 bits per heavy atom. The summed E-state index contributed by atoms with van der Waals surface area (Å²) < 4.78 is 1.56. The first-order chi connectivity index (χ1) is 9.49. The fourth-order valence-electron chi connectivity index (χ4n) is 1.63. The molecule has 0 unspecified atom stereocenters. The number of anilines is 1. The summed E-state index contributed by atoms with van der Waals surface area (Å²) in [4.78, 5) is 13.7. The van der Waals surface area contributed by atoms with Gasteiger partial charge in [0, 0.05) is 27.1 Å². The third-order valence-corrected chi connectivity index (χ3v) is 4.12. The predicted molar refractivity (Wildman–Crippen MR) is 87.8 cm³/mol. The van der Waals surface area contributed by atoms with E-state index in [0.717, 1.165) is 14.6 Å². The number of nitrogens with one attached hydrogen (secondary N) is 1. The summed E-state index contributed by atoms with van der Waals surface area (Å²) in [6, 6.07) is 5.55. The van der Waals surface area contributed by atoms with Crippen LogP contribution < -0.4 is 5.32 Å². The SMILES string of the molecule is CCN(CCC#N)C(=O)CNc1c(Br)cc(Cl)cc1Br. The van der Waals surface area contributed by atoms with E-state index >= 15 is 0 Å². The Labute approximate surface area is 140 Å². The van der Waals surface area contributed by atoms with E-state index in [1.807, 2.05) is 13.0 Å². The summed E-state index contributed by atoms with van der Waals surface area (Å²) >= 11 is 12.7. The first kappa shape index (κ1) is 17.3. The van der Waals surface area contributed by atoms with E-state index < -0.39 is 0 Å². The van der Waals surface area contributed by atoms with Gasteiger partial charge in [-0.15, -0.1) is 0 Å². The van der Waals surface area contributed by atoms with Crippen molar-refractivity contribution in [3.8, 4) is 6.07 Å². The second kappa shape index (κ2) is 8.50. The quantitative estimate of drug-likeness (QED) is 0.751. The van der Waals surface area contributed by atoms with Crippen molar-refractivity contribution in [3.05, 3.63) is 26.1 Å². The smallest absolute Gasteiger partial charge is 0.241 e. The number of halogens is 3. The molecular weight excluding hydrogens is 409 g/mol. The molecule has 0 aliphatic carbocycles. The highest BCUT2D eigenvalue weighted by molar-refractivity contribution is 9.11. The Kier molecular flexibility index (Phi) is 7.35. The average molecular weight is 424 g/mol. The molecule has 0 bridgehead atoms. The maximum atomic E-state index is 12.0. The minimum atomic E-state index is -0.0449. The van der Waals surface area contributed by atoms with Crippen molar-refractivity contribution >= 4 is 55.1 Å². The summed E-state index contributed by atoms with van der Waals surface area (Å²) in [6.07, 6.45) is 0.341. The van der Waals surface area contributed by atoms with Gasteiger partial charge in [0.15, 0.2) is 0 Å². The number of benzene rings is 1. The number of hydrogen-bond acceptors (Lipinski definition) is 3. The van der Waals surface area contributed by atoms with Crippen molar-refractivity contribution in [2.75, 3.05) is 25.0 Å². The maximum Gasteiger partial charge on any atom is 0.241 e. The number of likely N-dealkylation sites (N-methyl/N-ethyl adjacent to an activating group) is 1. The molecule has 0 heterocycles. The maximum absolute atomic E-state index is 12.0. The number of hydrogen-bond donors (Lipinski definition) is 1. The third kappa shape index (κ3) is 4.97. The van der Waals surface area contributed by atoms with Gasteiger partial charge in [-0.2, -0.15) is 5.26 Å². The van der Waals surface area contributed by atoms with Crippen LogP contribution >= 0.6 is 43.5 Å². The van der Waals surface area contributed by atoms with Crippen LogP contribution in [0.2, 0.25) is 5.02 Å². The number of rotatable bonds is 6. The number of amides is 1. The molecule has 108 valence electrons. The Morgan fingerprint density at radius 2 is 2.05 bits per heavy atom. The Morgan fingerprint density at radius 3 is 2.55 bits per heavy atom. The zero-order valence-electron chi connectivity index (χ0n) is 10.9. The van der Waals surface area contributed by atoms with Gasteiger partial charge in [0.1, 0.15) is 0 Å². The molecule has 0 aliphatic heterocycles. The summed E-state index contributed by atoms with van der Waals surface area (Å²) in [7, 11) is 0. The molecule has 0 saturated heterocycles. The normalized spacial score (nSPS) is 9.95. The van der Waals surface area contributed by atoms with E-state index in [-0.39, 0.29) is 12.5 Å². The van der Waals surface area contributed by atoms with Gasteiger partial charge in [0.2, 0.25) is 5.91 Å². The summed E-state index contributed by atoms with van der Waals surface area (Å²) in [5.74, 6) is -0.0449. The van der Waals surface area contributed by atoms with Gasteiger partial charge in [-0.05, 0) is 50.9 Å². The Balaban J connectivity index is 2.67. The zero-order valence-corrected chi connectivity index (χ0v) is 14.8. The Hall–Kier alpha value is -0.770. The molecule has 1 aromatic carbocycles. The van der Waals surface area contributed by atoms with E-state index in [0.29, 0.717) is 24.5 Å². The van der Waals surface area contributed by atoms with Gasteiger partial charge < -0.3 is 10.2 Å². The molecule has 0 aromatic heterocycles. The molecule has 0 spiro atoms. The van der Waals surface area contributed by atoms with Crippen LogP contribution in [0.3, 0.4) is 0 Å². The zero-order chi connectivity index (χ0) is 15.1. The molecule has 1 N–H and O–H groups in total. The molecule has 1 rings (SSSR count). The summed E-state index contributed by atoms with van der Waals surface area (Å²) in [5, 5.41) is 12.2. The second-order valence-electron chi connectivity index (χ2n) is 3.98. The van der Waals surface area contributed by atoms with Crippen LogP contribution in [0, 0.1) is 11.3 Å². The van der Waals surface area contributed by atoms with Crippen LogP contribution in [0.25, 0.3) is 0 Å². The number of nitrogens with zero attached hydrogens (tertiary/aromatic N) is 2. The number of carbonyl (C=O) groups is 1. The fraction of sp³-hybridized carbons (Fsp3) is 0.385. The van der Waals surface area contributed by atoms with Crippen molar-refractivity contribution in [2.24, 2.45) is 0 Å². The minimum Gasteiger partial charge on any atom is -0.374 e. The Bertz CT molecular complexity index is 508. The highest BCUT2D eigenvalue weighted by Crippen LogP contribution is 2.34. The van der Waals surface area contributed by atoms with Gasteiger partial charge in [-0.3, -0.25) is 4.79 Å². The highest BCUT2D eigenvalue weighted by Gasteiger charge is 2.13. The molecule has 0 aliphatic rings. The van der Waals surface area contributed by atoms with Gasteiger partial charge in [0.25, 0.3) is 0 Å². The highest BCUT2D eigenvalue weighted by atomic mass is 79.9. The predicted octanol–water partition coefficient (Wildman–Crippen LogP) is 4.04. The average Bonchev–Trinajstić information content (AvgIpc) is 2.38. The van der Waals surface area contributed by atoms with Crippen LogP contribution in [0.15, 0.2) is 21.1 Å². The molecule has 7 heteroatoms. The van der Waals surface area contributed by atoms with Crippen molar-refractivity contribution < 1.29 is 4.79 Å². The van der Waals surface area contributed by atoms with E-state index in [9.17, 15) is 4.79 Å². The lowest BCUT2D eigenvalue weighted by Gasteiger charge is -2.20. The van der Waals surface area contributed by atoms with Crippen molar-refractivity contribution in [1.82, 2.24) is 4.90 Å². The summed E-state index contributed by atoms with van der Waals surface area (Å²) in [6.45, 7) is 3.10. The first-order valence-electron chi connectivity index (χ1n) is 6.02. The topological polar surface area (TPSA) is 56.1 Å². The lowest BCUT2D eigenvalue weighted by atomic mass is 10.3. The lowest BCUT2D eigenvalue weighted by Crippen LogP contribution is -2.36. The molecule has 0 saturated carbocycles. The molecule has 20 heavy (non-hydrogen) atoms. The van der Waals surface area contributed by atoms with Crippen molar-refractivity contribution in [2.45, 2.75) is 13.3 Å². The third-order valence-electron chi connectivity index (χ3n) is 2.65. The molecule has 0 radical (unpaired) electrons. The van der Waals surface area contributed by atoms with Crippen LogP contribution in [0.5, 0.6) is 0 Å². The number of carbonyl (C=O) groups excluding carboxylic acids is 1. The largest absolute Gasteiger partial charge is 0.374 e. The van der Waals surface area contributed by atoms with E-state index in [2.05, 4.69) is 37.2 Å². The van der Waals surface area contributed by atoms with Crippen LogP contribution in [0.1, 0.15) is 13.3 Å². The fourth-order valence-corrected chi connectivity index (χ4v) is 3.58.